The van der Waals surface area contributed by atoms with E-state index in [4.69, 9.17) is 4.74 Å². The van der Waals surface area contributed by atoms with Gasteiger partial charge in [0.15, 0.2) is 0 Å². The fourth-order valence-electron chi connectivity index (χ4n) is 2.58. The van der Waals surface area contributed by atoms with Crippen molar-refractivity contribution < 1.29 is 4.74 Å². The molecule has 0 radical (unpaired) electrons. The van der Waals surface area contributed by atoms with Crippen molar-refractivity contribution in [3.8, 4) is 0 Å². The second-order valence-electron chi connectivity index (χ2n) is 5.14. The number of likely N-dealkylation sites (N-methyl/N-ethyl adjacent to an activating group) is 1. The Morgan fingerprint density at radius 1 is 1.39 bits per heavy atom. The molecule has 1 fully saturated rings. The van der Waals surface area contributed by atoms with Crippen LogP contribution in [-0.2, 0) is 11.3 Å². The van der Waals surface area contributed by atoms with Gasteiger partial charge in [0.05, 0.1) is 6.61 Å². The quantitative estimate of drug-likeness (QED) is 0.867. The van der Waals surface area contributed by atoms with E-state index in [2.05, 4.69) is 41.5 Å². The van der Waals surface area contributed by atoms with Gasteiger partial charge in [0, 0.05) is 25.4 Å². The summed E-state index contributed by atoms with van der Waals surface area (Å²) < 4.78 is 5.16. The van der Waals surface area contributed by atoms with Gasteiger partial charge in [-0.1, -0.05) is 18.6 Å². The third-order valence-electron chi connectivity index (χ3n) is 3.70. The molecule has 0 bridgehead atoms. The maximum absolute atomic E-state index is 5.16. The summed E-state index contributed by atoms with van der Waals surface area (Å²) in [5, 5.41) is 3.55. The number of ether oxygens (including phenoxy) is 1. The Balaban J connectivity index is 1.87. The van der Waals surface area contributed by atoms with Crippen LogP contribution in [0.25, 0.3) is 0 Å². The van der Waals surface area contributed by atoms with Crippen LogP contribution in [0.15, 0.2) is 24.3 Å². The Kier molecular flexibility index (Phi) is 5.02. The van der Waals surface area contributed by atoms with E-state index >= 15 is 0 Å². The number of likely N-dealkylation sites (tertiary alicyclic amines) is 1. The molecule has 0 aliphatic carbocycles. The minimum atomic E-state index is 0.671. The lowest BCUT2D eigenvalue weighted by Gasteiger charge is -2.32. The zero-order valence-corrected chi connectivity index (χ0v) is 11.5. The second-order valence-corrected chi connectivity index (χ2v) is 5.14. The van der Waals surface area contributed by atoms with Crippen LogP contribution in [0.3, 0.4) is 0 Å². The molecule has 1 atom stereocenters. The van der Waals surface area contributed by atoms with Crippen LogP contribution in [0.2, 0.25) is 0 Å². The van der Waals surface area contributed by atoms with E-state index in [9.17, 15) is 0 Å². The largest absolute Gasteiger partial charge is 0.383 e. The van der Waals surface area contributed by atoms with Gasteiger partial charge in [0.2, 0.25) is 0 Å². The SMILES string of the molecule is COCc1cccc(NCC2CCCCN2C)c1. The summed E-state index contributed by atoms with van der Waals surface area (Å²) in [7, 11) is 3.96. The van der Waals surface area contributed by atoms with Gasteiger partial charge in [-0.3, -0.25) is 0 Å². The lowest BCUT2D eigenvalue weighted by molar-refractivity contribution is 0.185. The van der Waals surface area contributed by atoms with E-state index in [0.717, 1.165) is 6.54 Å². The molecule has 1 aliphatic heterocycles. The number of rotatable bonds is 5. The van der Waals surface area contributed by atoms with E-state index in [1.165, 1.54) is 37.1 Å². The monoisotopic (exact) mass is 248 g/mol. The highest BCUT2D eigenvalue weighted by Gasteiger charge is 2.18. The van der Waals surface area contributed by atoms with Crippen LogP contribution in [0.1, 0.15) is 24.8 Å². The molecule has 1 saturated heterocycles. The topological polar surface area (TPSA) is 24.5 Å². The molecule has 0 aromatic heterocycles. The fourth-order valence-corrected chi connectivity index (χ4v) is 2.58. The van der Waals surface area contributed by atoms with Gasteiger partial charge in [-0.15, -0.1) is 0 Å². The summed E-state index contributed by atoms with van der Waals surface area (Å²) >= 11 is 0. The lowest BCUT2D eigenvalue weighted by Crippen LogP contribution is -2.40. The van der Waals surface area contributed by atoms with Gasteiger partial charge < -0.3 is 15.0 Å². The number of hydrogen-bond acceptors (Lipinski definition) is 3. The fraction of sp³-hybridized carbons (Fsp3) is 0.600. The molecule has 1 N–H and O–H groups in total. The number of nitrogens with one attached hydrogen (secondary N) is 1. The van der Waals surface area contributed by atoms with Crippen molar-refractivity contribution in [1.29, 1.82) is 0 Å². The molecule has 3 heteroatoms. The Morgan fingerprint density at radius 2 is 2.28 bits per heavy atom. The molecule has 0 amide bonds. The molecular formula is C15H24N2O. The lowest BCUT2D eigenvalue weighted by atomic mass is 10.0. The molecule has 2 rings (SSSR count). The molecule has 3 nitrogen and oxygen atoms in total. The smallest absolute Gasteiger partial charge is 0.0713 e. The first-order valence-electron chi connectivity index (χ1n) is 6.81. The first-order valence-corrected chi connectivity index (χ1v) is 6.81. The van der Waals surface area contributed by atoms with Crippen LogP contribution in [0, 0.1) is 0 Å². The summed E-state index contributed by atoms with van der Waals surface area (Å²) in [6, 6.07) is 9.15. The minimum Gasteiger partial charge on any atom is -0.383 e. The van der Waals surface area contributed by atoms with Crippen LogP contribution in [-0.4, -0.2) is 38.2 Å². The van der Waals surface area contributed by atoms with E-state index in [-0.39, 0.29) is 0 Å². The first-order chi connectivity index (χ1) is 8.79. The highest BCUT2D eigenvalue weighted by atomic mass is 16.5. The Bertz CT molecular complexity index is 367. The summed E-state index contributed by atoms with van der Waals surface area (Å²) in [5.41, 5.74) is 2.42. The van der Waals surface area contributed by atoms with Gasteiger partial charge in [-0.25, -0.2) is 0 Å². The highest BCUT2D eigenvalue weighted by molar-refractivity contribution is 5.45. The zero-order chi connectivity index (χ0) is 12.8. The third kappa shape index (κ3) is 3.72. The molecule has 1 unspecified atom stereocenters. The van der Waals surface area contributed by atoms with Crippen molar-refractivity contribution in [2.75, 3.05) is 32.6 Å². The van der Waals surface area contributed by atoms with Crippen LogP contribution in [0.5, 0.6) is 0 Å². The molecule has 18 heavy (non-hydrogen) atoms. The molecule has 1 aromatic rings. The van der Waals surface area contributed by atoms with Gasteiger partial charge in [-0.05, 0) is 44.1 Å². The van der Waals surface area contributed by atoms with E-state index < -0.39 is 0 Å². The van der Waals surface area contributed by atoms with Crippen LogP contribution >= 0.6 is 0 Å². The van der Waals surface area contributed by atoms with Crippen molar-refractivity contribution in [3.05, 3.63) is 29.8 Å². The molecule has 1 aromatic carbocycles. The van der Waals surface area contributed by atoms with Crippen molar-refractivity contribution in [2.24, 2.45) is 0 Å². The van der Waals surface area contributed by atoms with Crippen LogP contribution in [0.4, 0.5) is 5.69 Å². The van der Waals surface area contributed by atoms with E-state index in [0.29, 0.717) is 12.6 Å². The molecule has 1 heterocycles. The number of piperidine rings is 1. The van der Waals surface area contributed by atoms with Crippen LogP contribution < -0.4 is 5.32 Å². The summed E-state index contributed by atoms with van der Waals surface area (Å²) in [5.74, 6) is 0. The standard InChI is InChI=1S/C15H24N2O/c1-17-9-4-3-8-15(17)11-16-14-7-5-6-13(10-14)12-18-2/h5-7,10,15-16H,3-4,8-9,11-12H2,1-2H3. The predicted molar refractivity (Wildman–Crippen MR) is 75.9 cm³/mol. The van der Waals surface area contributed by atoms with Crippen molar-refractivity contribution >= 4 is 5.69 Å². The van der Waals surface area contributed by atoms with Gasteiger partial charge in [-0.2, -0.15) is 0 Å². The summed E-state index contributed by atoms with van der Waals surface area (Å²) in [4.78, 5) is 2.47. The number of anilines is 1. The highest BCUT2D eigenvalue weighted by Crippen LogP contribution is 2.17. The normalized spacial score (nSPS) is 20.9. The van der Waals surface area contributed by atoms with E-state index in [1.54, 1.807) is 7.11 Å². The maximum atomic E-state index is 5.16. The van der Waals surface area contributed by atoms with Crippen molar-refractivity contribution in [3.63, 3.8) is 0 Å². The minimum absolute atomic E-state index is 0.671. The summed E-state index contributed by atoms with van der Waals surface area (Å²) in [6.45, 7) is 2.95. The van der Waals surface area contributed by atoms with Crippen molar-refractivity contribution in [1.82, 2.24) is 4.90 Å². The summed E-state index contributed by atoms with van der Waals surface area (Å²) in [6.07, 6.45) is 4.01. The van der Waals surface area contributed by atoms with Crippen molar-refractivity contribution in [2.45, 2.75) is 31.9 Å². The first kappa shape index (κ1) is 13.4. The zero-order valence-electron chi connectivity index (χ0n) is 11.5. The maximum Gasteiger partial charge on any atom is 0.0713 e. The molecule has 0 spiro atoms. The number of hydrogen-bond donors (Lipinski definition) is 1. The van der Waals surface area contributed by atoms with Gasteiger partial charge in [0.25, 0.3) is 0 Å². The Labute approximate surface area is 110 Å². The number of methoxy groups -OCH3 is 1. The van der Waals surface area contributed by atoms with Gasteiger partial charge in [0.1, 0.15) is 0 Å². The Morgan fingerprint density at radius 3 is 3.06 bits per heavy atom. The molecule has 100 valence electrons. The number of nitrogens with zero attached hydrogens (tertiary/aromatic N) is 1. The Hall–Kier alpha value is -1.06. The van der Waals surface area contributed by atoms with E-state index in [1.807, 2.05) is 0 Å². The molecule has 0 saturated carbocycles. The average Bonchev–Trinajstić information content (AvgIpc) is 2.39. The second kappa shape index (κ2) is 6.76. The predicted octanol–water partition coefficient (Wildman–Crippen LogP) is 2.73. The van der Waals surface area contributed by atoms with Gasteiger partial charge >= 0.3 is 0 Å². The molecule has 1 aliphatic rings. The third-order valence-corrected chi connectivity index (χ3v) is 3.70. The molecular weight excluding hydrogens is 224 g/mol. The number of benzene rings is 1. The average molecular weight is 248 g/mol.